The highest BCUT2D eigenvalue weighted by atomic mass is 19.1. The van der Waals surface area contributed by atoms with Gasteiger partial charge in [0.25, 0.3) is 0 Å². The number of anilines is 5. The third kappa shape index (κ3) is 6.17. The van der Waals surface area contributed by atoms with E-state index in [2.05, 4.69) is 110 Å². The van der Waals surface area contributed by atoms with Gasteiger partial charge in [-0.15, -0.1) is 0 Å². The van der Waals surface area contributed by atoms with Crippen molar-refractivity contribution < 1.29 is 8.78 Å². The number of nitrogens with zero attached hydrogens (tertiary/aromatic N) is 3. The van der Waals surface area contributed by atoms with Crippen molar-refractivity contribution in [3.63, 3.8) is 0 Å². The number of halogens is 2. The lowest BCUT2D eigenvalue weighted by Gasteiger charge is -2.33. The van der Waals surface area contributed by atoms with Gasteiger partial charge in [-0.05, 0) is 142 Å². The molecule has 2 aliphatic rings. The van der Waals surface area contributed by atoms with E-state index in [4.69, 9.17) is 0 Å². The summed E-state index contributed by atoms with van der Waals surface area (Å²) in [5.41, 5.74) is 8.52. The summed E-state index contributed by atoms with van der Waals surface area (Å²) in [6.07, 6.45) is 5.77. The third-order valence-corrected chi connectivity index (χ3v) is 11.5. The maximum atomic E-state index is 15.2. The van der Waals surface area contributed by atoms with Gasteiger partial charge in [-0.2, -0.15) is 5.26 Å². The molecule has 1 aliphatic heterocycles. The molecule has 1 heterocycles. The molecule has 1 aliphatic carbocycles. The molecule has 2 atom stereocenters. The summed E-state index contributed by atoms with van der Waals surface area (Å²) < 4.78 is 29.7. The summed E-state index contributed by atoms with van der Waals surface area (Å²) in [4.78, 5) is 4.48. The van der Waals surface area contributed by atoms with Crippen LogP contribution in [0.4, 0.5) is 37.2 Å². The number of nitrogens with one attached hydrogen (secondary N) is 1. The Balaban J connectivity index is 1.36. The van der Waals surface area contributed by atoms with Crippen LogP contribution in [0.5, 0.6) is 0 Å². The molecule has 9 rings (SSSR count). The molecule has 0 aromatic heterocycles. The van der Waals surface area contributed by atoms with Crippen LogP contribution in [0, 0.1) is 17.1 Å². The molecular formula is C50H44F2N4. The lowest BCUT2D eigenvalue weighted by Crippen LogP contribution is -2.22. The second-order valence-corrected chi connectivity index (χ2v) is 16.2. The molecule has 278 valence electrons. The number of rotatable bonds is 9. The number of alkyl halides is 1. The SMILES string of the molecule is CC(C)c1cc(N(C2=CCC(C)(F)C=C2)c2ccc(C#N)cc2)c2ccc3c(C(C)C)cc(N(c4ccc(F)cc4)c4ccc(C5CN5)cc4)c4ccc1c2c34. The van der Waals surface area contributed by atoms with Crippen molar-refractivity contribution in [2.45, 2.75) is 64.6 Å². The van der Waals surface area contributed by atoms with E-state index in [1.165, 1.54) is 50.4 Å². The monoisotopic (exact) mass is 738 g/mol. The molecule has 0 saturated carbocycles. The van der Waals surface area contributed by atoms with Gasteiger partial charge in [0.2, 0.25) is 0 Å². The van der Waals surface area contributed by atoms with E-state index in [1.54, 1.807) is 13.0 Å². The lowest BCUT2D eigenvalue weighted by atomic mass is 9.84. The number of benzene rings is 7. The Kier molecular flexibility index (Phi) is 8.67. The Morgan fingerprint density at radius 3 is 1.66 bits per heavy atom. The highest BCUT2D eigenvalue weighted by Crippen LogP contribution is 2.51. The molecule has 0 radical (unpaired) electrons. The van der Waals surface area contributed by atoms with Crippen molar-refractivity contribution in [2.24, 2.45) is 0 Å². The molecule has 0 amide bonds. The van der Waals surface area contributed by atoms with E-state index in [1.807, 2.05) is 48.6 Å². The van der Waals surface area contributed by atoms with Crippen LogP contribution in [0.2, 0.25) is 0 Å². The Morgan fingerprint density at radius 1 is 0.696 bits per heavy atom. The second-order valence-electron chi connectivity index (χ2n) is 16.2. The van der Waals surface area contributed by atoms with Crippen molar-refractivity contribution in [1.82, 2.24) is 5.32 Å². The number of allylic oxidation sites excluding steroid dienone is 3. The normalized spacial score (nSPS) is 17.9. The van der Waals surface area contributed by atoms with Crippen LogP contribution < -0.4 is 15.1 Å². The zero-order valence-electron chi connectivity index (χ0n) is 32.4. The molecule has 6 heteroatoms. The predicted octanol–water partition coefficient (Wildman–Crippen LogP) is 13.7. The quantitative estimate of drug-likeness (QED) is 0.118. The van der Waals surface area contributed by atoms with Crippen LogP contribution in [0.3, 0.4) is 0 Å². The van der Waals surface area contributed by atoms with E-state index in [0.717, 1.165) is 51.5 Å². The van der Waals surface area contributed by atoms with Crippen LogP contribution >= 0.6 is 0 Å². The fourth-order valence-corrected chi connectivity index (χ4v) is 8.48. The van der Waals surface area contributed by atoms with Gasteiger partial charge in [0, 0.05) is 52.5 Å². The molecular weight excluding hydrogens is 695 g/mol. The minimum Gasteiger partial charge on any atom is -0.310 e. The molecule has 0 spiro atoms. The maximum Gasteiger partial charge on any atom is 0.130 e. The highest BCUT2D eigenvalue weighted by Gasteiger charge is 2.29. The lowest BCUT2D eigenvalue weighted by molar-refractivity contribution is 0.259. The molecule has 1 fully saturated rings. The standard InChI is InChI=1S/C50H44F2N4/c1-30(2)43-26-46(55(37-16-10-34(51)11-17-37)36-14-8-33(9-15-36)45-29-54-45)41-20-18-40-44(31(3)4)27-47(42-21-19-39(43)48(41)49(40)42)56(35-12-6-32(28-53)7-13-35)38-22-24-50(5,52)25-23-38/h6-24,26-27,30-31,45,54H,25,29H2,1-5H3. The Bertz CT molecular complexity index is 2710. The first-order valence-corrected chi connectivity index (χ1v) is 19.6. The zero-order valence-corrected chi connectivity index (χ0v) is 32.4. The van der Waals surface area contributed by atoms with Crippen molar-refractivity contribution in [3.8, 4) is 6.07 Å². The Hall–Kier alpha value is -6.03. The van der Waals surface area contributed by atoms with Crippen molar-refractivity contribution in [1.29, 1.82) is 5.26 Å². The van der Waals surface area contributed by atoms with E-state index in [0.29, 0.717) is 11.6 Å². The Labute approximate surface area is 327 Å². The maximum absolute atomic E-state index is 15.2. The average molecular weight is 739 g/mol. The summed E-state index contributed by atoms with van der Waals surface area (Å²) in [7, 11) is 0. The molecule has 4 nitrogen and oxygen atoms in total. The van der Waals surface area contributed by atoms with Gasteiger partial charge in [0.15, 0.2) is 0 Å². The number of hydrogen-bond acceptors (Lipinski definition) is 4. The molecule has 0 bridgehead atoms. The van der Waals surface area contributed by atoms with Crippen LogP contribution in [0.1, 0.15) is 81.2 Å². The number of nitriles is 1. The predicted molar refractivity (Wildman–Crippen MR) is 228 cm³/mol. The smallest absolute Gasteiger partial charge is 0.130 e. The van der Waals surface area contributed by atoms with Gasteiger partial charge in [0.1, 0.15) is 11.5 Å². The third-order valence-electron chi connectivity index (χ3n) is 11.5. The minimum absolute atomic E-state index is 0.199. The molecule has 56 heavy (non-hydrogen) atoms. The van der Waals surface area contributed by atoms with E-state index < -0.39 is 5.67 Å². The van der Waals surface area contributed by atoms with Crippen molar-refractivity contribution in [2.75, 3.05) is 16.3 Å². The second kappa shape index (κ2) is 13.6. The van der Waals surface area contributed by atoms with E-state index >= 15 is 4.39 Å². The highest BCUT2D eigenvalue weighted by molar-refractivity contribution is 6.29. The van der Waals surface area contributed by atoms with Gasteiger partial charge < -0.3 is 15.1 Å². The van der Waals surface area contributed by atoms with Gasteiger partial charge in [-0.3, -0.25) is 0 Å². The van der Waals surface area contributed by atoms with Gasteiger partial charge in [-0.25, -0.2) is 8.78 Å². The first-order chi connectivity index (χ1) is 27.0. The minimum atomic E-state index is -1.43. The summed E-state index contributed by atoms with van der Waals surface area (Å²) in [5, 5.41) is 20.0. The van der Waals surface area contributed by atoms with Crippen LogP contribution in [0.15, 0.2) is 133 Å². The number of hydrogen-bond donors (Lipinski definition) is 1. The molecule has 1 N–H and O–H groups in total. The fourth-order valence-electron chi connectivity index (χ4n) is 8.48. The largest absolute Gasteiger partial charge is 0.310 e. The zero-order chi connectivity index (χ0) is 38.9. The van der Waals surface area contributed by atoms with E-state index in [9.17, 15) is 9.65 Å². The van der Waals surface area contributed by atoms with Gasteiger partial charge in [-0.1, -0.05) is 70.2 Å². The molecule has 7 aromatic rings. The Morgan fingerprint density at radius 2 is 1.18 bits per heavy atom. The first-order valence-electron chi connectivity index (χ1n) is 19.6. The van der Waals surface area contributed by atoms with Crippen LogP contribution in [0.25, 0.3) is 32.3 Å². The van der Waals surface area contributed by atoms with E-state index in [-0.39, 0.29) is 24.1 Å². The van der Waals surface area contributed by atoms with Crippen LogP contribution in [-0.4, -0.2) is 12.2 Å². The first kappa shape index (κ1) is 35.7. The van der Waals surface area contributed by atoms with Crippen LogP contribution in [-0.2, 0) is 0 Å². The van der Waals surface area contributed by atoms with Crippen molar-refractivity contribution >= 4 is 60.8 Å². The van der Waals surface area contributed by atoms with Gasteiger partial charge in [0.05, 0.1) is 23.0 Å². The molecule has 1 saturated heterocycles. The van der Waals surface area contributed by atoms with Gasteiger partial charge >= 0.3 is 0 Å². The summed E-state index contributed by atoms with van der Waals surface area (Å²) >= 11 is 0. The van der Waals surface area contributed by atoms with Crippen molar-refractivity contribution in [3.05, 3.63) is 161 Å². The summed E-state index contributed by atoms with van der Waals surface area (Å²) in [5.74, 6) is 0.135. The summed E-state index contributed by atoms with van der Waals surface area (Å²) in [6.45, 7) is 11.5. The fraction of sp³-hybridized carbons (Fsp3) is 0.220. The summed E-state index contributed by atoms with van der Waals surface area (Å²) in [6, 6.07) is 39.4. The molecule has 2 unspecified atom stereocenters. The topological polar surface area (TPSA) is 52.2 Å². The molecule has 7 aromatic carbocycles. The average Bonchev–Trinajstić information content (AvgIpc) is 4.05.